The maximum Gasteiger partial charge on any atom is 0.242 e. The summed E-state index contributed by atoms with van der Waals surface area (Å²) in [5, 5.41) is 3.31. The van der Waals surface area contributed by atoms with Crippen LogP contribution < -0.4 is 14.4 Å². The van der Waals surface area contributed by atoms with Crippen LogP contribution in [0.25, 0.3) is 0 Å². The fourth-order valence-electron chi connectivity index (χ4n) is 3.46. The van der Waals surface area contributed by atoms with Gasteiger partial charge < -0.3 is 15.0 Å². The largest absolute Gasteiger partial charge is 0.495 e. The molecule has 2 aromatic carbocycles. The topological polar surface area (TPSA) is 96.0 Å². The molecule has 0 aliphatic rings. The minimum atomic E-state index is -3.63. The molecule has 2 aromatic rings. The lowest BCUT2D eigenvalue weighted by molar-refractivity contribution is -0.140. The lowest BCUT2D eigenvalue weighted by Gasteiger charge is -2.29. The molecule has 0 unspecified atom stereocenters. The molecule has 8 nitrogen and oxygen atoms in total. The van der Waals surface area contributed by atoms with Crippen LogP contribution in [0.4, 0.5) is 5.69 Å². The second-order valence-corrected chi connectivity index (χ2v) is 10.3. The van der Waals surface area contributed by atoms with E-state index in [4.69, 9.17) is 27.9 Å². The number of benzene rings is 2. The third kappa shape index (κ3) is 7.01. The van der Waals surface area contributed by atoms with Gasteiger partial charge in [-0.05, 0) is 37.6 Å². The van der Waals surface area contributed by atoms with Crippen molar-refractivity contribution in [2.75, 3.05) is 31.3 Å². The Morgan fingerprint density at radius 1 is 1.09 bits per heavy atom. The number of rotatable bonds is 11. The number of ether oxygens (including phenoxy) is 1. The molecular weight excluding hydrogens is 501 g/mol. The molecule has 0 aromatic heterocycles. The number of hydrogen-bond donors (Lipinski definition) is 1. The molecule has 11 heteroatoms. The van der Waals surface area contributed by atoms with E-state index in [2.05, 4.69) is 5.32 Å². The highest BCUT2D eigenvalue weighted by atomic mass is 35.5. The van der Waals surface area contributed by atoms with Crippen molar-refractivity contribution in [1.29, 1.82) is 0 Å². The molecular formula is C23H29Cl2N3O5S. The molecule has 2 rings (SSSR count). The number of sulfonamides is 1. The standard InChI is InChI=1S/C23H29Cl2N3O5S/c1-16(23(30)26-2)27(15-17-18(24)9-7-10-19(17)25)22(29)13-8-14-28(34(4,31)32)20-11-5-6-12-21(20)33-3/h5-7,9-12,16H,8,13-15H2,1-4H3,(H,26,30)/t16-/m1/s1. The molecule has 0 saturated heterocycles. The lowest BCUT2D eigenvalue weighted by atomic mass is 10.1. The van der Waals surface area contributed by atoms with E-state index < -0.39 is 16.1 Å². The Hall–Kier alpha value is -2.49. The van der Waals surface area contributed by atoms with Crippen LogP contribution in [0, 0.1) is 0 Å². The van der Waals surface area contributed by atoms with Gasteiger partial charge in [0.15, 0.2) is 0 Å². The van der Waals surface area contributed by atoms with E-state index in [0.29, 0.717) is 27.0 Å². The van der Waals surface area contributed by atoms with Crippen LogP contribution >= 0.6 is 23.2 Å². The fourth-order valence-corrected chi connectivity index (χ4v) is 4.95. The molecule has 0 saturated carbocycles. The number of halogens is 2. The van der Waals surface area contributed by atoms with Crippen LogP contribution in [-0.2, 0) is 26.2 Å². The van der Waals surface area contributed by atoms with Crippen LogP contribution in [0.3, 0.4) is 0 Å². The van der Waals surface area contributed by atoms with Gasteiger partial charge in [0.05, 0.1) is 19.1 Å². The number of para-hydroxylation sites is 2. The summed E-state index contributed by atoms with van der Waals surface area (Å²) in [7, 11) is -0.687. The summed E-state index contributed by atoms with van der Waals surface area (Å²) in [5.41, 5.74) is 0.917. The summed E-state index contributed by atoms with van der Waals surface area (Å²) < 4.78 is 31.4. The average molecular weight is 530 g/mol. The number of hydrogen-bond acceptors (Lipinski definition) is 5. The number of anilines is 1. The van der Waals surface area contributed by atoms with Gasteiger partial charge in [-0.3, -0.25) is 13.9 Å². The van der Waals surface area contributed by atoms with Crippen LogP contribution in [0.1, 0.15) is 25.3 Å². The molecule has 186 valence electrons. The highest BCUT2D eigenvalue weighted by Gasteiger charge is 2.27. The SMILES string of the molecule is CNC(=O)[C@@H](C)N(Cc1c(Cl)cccc1Cl)C(=O)CCCN(c1ccccc1OC)S(C)(=O)=O. The number of nitrogens with zero attached hydrogens (tertiary/aromatic N) is 2. The molecule has 0 bridgehead atoms. The predicted octanol–water partition coefficient (Wildman–Crippen LogP) is 3.71. The van der Waals surface area contributed by atoms with Crippen molar-refractivity contribution in [2.24, 2.45) is 0 Å². The first-order valence-electron chi connectivity index (χ1n) is 10.6. The van der Waals surface area contributed by atoms with Gasteiger partial charge in [-0.1, -0.05) is 41.4 Å². The van der Waals surface area contributed by atoms with E-state index in [-0.39, 0.29) is 37.7 Å². The number of methoxy groups -OCH3 is 1. The van der Waals surface area contributed by atoms with Crippen molar-refractivity contribution in [3.63, 3.8) is 0 Å². The zero-order chi connectivity index (χ0) is 25.5. The minimum absolute atomic E-state index is 0.00454. The van der Waals surface area contributed by atoms with Crippen LogP contribution in [0.15, 0.2) is 42.5 Å². The highest BCUT2D eigenvalue weighted by Crippen LogP contribution is 2.30. The Bertz CT molecular complexity index is 1110. The Morgan fingerprint density at radius 2 is 1.71 bits per heavy atom. The molecule has 0 spiro atoms. The van der Waals surface area contributed by atoms with E-state index in [1.54, 1.807) is 49.4 Å². The molecule has 0 fully saturated rings. The average Bonchev–Trinajstić information content (AvgIpc) is 2.79. The van der Waals surface area contributed by atoms with Crippen molar-refractivity contribution in [2.45, 2.75) is 32.4 Å². The molecule has 1 N–H and O–H groups in total. The van der Waals surface area contributed by atoms with Gasteiger partial charge in [0.2, 0.25) is 21.8 Å². The van der Waals surface area contributed by atoms with Crippen LogP contribution in [0.5, 0.6) is 5.75 Å². The van der Waals surface area contributed by atoms with Crippen molar-refractivity contribution in [3.8, 4) is 5.75 Å². The summed E-state index contributed by atoms with van der Waals surface area (Å²) in [6.07, 6.45) is 1.32. The summed E-state index contributed by atoms with van der Waals surface area (Å²) in [5.74, 6) is -0.272. The third-order valence-corrected chi connectivity index (χ3v) is 7.20. The number of amides is 2. The molecule has 0 aliphatic heterocycles. The van der Waals surface area contributed by atoms with Gasteiger partial charge in [-0.2, -0.15) is 0 Å². The van der Waals surface area contributed by atoms with Crippen molar-refractivity contribution in [1.82, 2.24) is 10.2 Å². The summed E-state index contributed by atoms with van der Waals surface area (Å²) >= 11 is 12.6. The van der Waals surface area contributed by atoms with Crippen molar-refractivity contribution in [3.05, 3.63) is 58.1 Å². The molecule has 2 amide bonds. The van der Waals surface area contributed by atoms with Gasteiger partial charge >= 0.3 is 0 Å². The van der Waals surface area contributed by atoms with Crippen molar-refractivity contribution < 1.29 is 22.7 Å². The zero-order valence-electron chi connectivity index (χ0n) is 19.5. The van der Waals surface area contributed by atoms with Gasteiger partial charge in [-0.25, -0.2) is 8.42 Å². The van der Waals surface area contributed by atoms with Crippen LogP contribution in [0.2, 0.25) is 10.0 Å². The molecule has 0 radical (unpaired) electrons. The van der Waals surface area contributed by atoms with Gasteiger partial charge in [0, 0.05) is 42.2 Å². The quantitative estimate of drug-likeness (QED) is 0.478. The number of likely N-dealkylation sites (N-methyl/N-ethyl adjacent to an activating group) is 1. The van der Waals surface area contributed by atoms with E-state index >= 15 is 0 Å². The first-order chi connectivity index (χ1) is 16.0. The summed E-state index contributed by atoms with van der Waals surface area (Å²) in [6, 6.07) is 11.0. The Kier molecular flexibility index (Phi) is 10.0. The summed E-state index contributed by atoms with van der Waals surface area (Å²) in [6.45, 7) is 1.70. The molecule has 0 aliphatic carbocycles. The van der Waals surface area contributed by atoms with Gasteiger partial charge in [-0.15, -0.1) is 0 Å². The smallest absolute Gasteiger partial charge is 0.242 e. The Morgan fingerprint density at radius 3 is 2.26 bits per heavy atom. The van der Waals surface area contributed by atoms with E-state index in [1.807, 2.05) is 0 Å². The van der Waals surface area contributed by atoms with Gasteiger partial charge in [0.1, 0.15) is 11.8 Å². The Labute approximate surface area is 210 Å². The van der Waals surface area contributed by atoms with E-state index in [1.165, 1.54) is 23.4 Å². The first kappa shape index (κ1) is 27.8. The first-order valence-corrected chi connectivity index (χ1v) is 13.2. The lowest BCUT2D eigenvalue weighted by Crippen LogP contribution is -2.47. The number of nitrogens with one attached hydrogen (secondary N) is 1. The molecule has 1 atom stereocenters. The Balaban J connectivity index is 2.23. The molecule has 34 heavy (non-hydrogen) atoms. The normalized spacial score (nSPS) is 12.1. The zero-order valence-corrected chi connectivity index (χ0v) is 21.9. The van der Waals surface area contributed by atoms with Crippen molar-refractivity contribution >= 4 is 50.7 Å². The number of carbonyl (C=O) groups is 2. The van der Waals surface area contributed by atoms with E-state index in [0.717, 1.165) is 6.26 Å². The predicted molar refractivity (Wildman–Crippen MR) is 135 cm³/mol. The number of carbonyl (C=O) groups excluding carboxylic acids is 2. The molecule has 0 heterocycles. The second-order valence-electron chi connectivity index (χ2n) is 7.62. The van der Waals surface area contributed by atoms with E-state index in [9.17, 15) is 18.0 Å². The van der Waals surface area contributed by atoms with Gasteiger partial charge in [0.25, 0.3) is 0 Å². The maximum absolute atomic E-state index is 13.2. The third-order valence-electron chi connectivity index (χ3n) is 5.31. The summed E-state index contributed by atoms with van der Waals surface area (Å²) in [4.78, 5) is 26.9. The highest BCUT2D eigenvalue weighted by molar-refractivity contribution is 7.92. The minimum Gasteiger partial charge on any atom is -0.495 e. The fraction of sp³-hybridized carbons (Fsp3) is 0.391. The monoisotopic (exact) mass is 529 g/mol. The van der Waals surface area contributed by atoms with Crippen LogP contribution in [-0.4, -0.2) is 58.1 Å². The second kappa shape index (κ2) is 12.3. The maximum atomic E-state index is 13.2.